The first-order valence-electron chi connectivity index (χ1n) is 15.5. The zero-order chi connectivity index (χ0) is 39.2. The van der Waals surface area contributed by atoms with Crippen LogP contribution in [0.2, 0.25) is 0 Å². The summed E-state index contributed by atoms with van der Waals surface area (Å²) in [4.78, 5) is 8.54. The van der Waals surface area contributed by atoms with Crippen LogP contribution in [0.1, 0.15) is 0 Å². The van der Waals surface area contributed by atoms with Crippen LogP contribution in [-0.2, 0) is 20.2 Å². The van der Waals surface area contributed by atoms with Crippen LogP contribution in [0, 0.1) is 10.1 Å². The van der Waals surface area contributed by atoms with Crippen molar-refractivity contribution < 1.29 is 36.0 Å². The summed E-state index contributed by atoms with van der Waals surface area (Å²) in [6.07, 6.45) is 0. The molecule has 21 heteroatoms. The van der Waals surface area contributed by atoms with Gasteiger partial charge in [0.1, 0.15) is 26.9 Å². The normalized spacial score (nSPS) is 12.4. The number of anilines is 1. The minimum absolute atomic E-state index is 0.000736. The Morgan fingerprint density at radius 1 is 0.545 bits per heavy atom. The summed E-state index contributed by atoms with van der Waals surface area (Å²) in [5.74, 6) is -0.958. The Labute approximate surface area is 310 Å². The van der Waals surface area contributed by atoms with Crippen molar-refractivity contribution in [2.24, 2.45) is 41.0 Å². The molecular formula is C34H24N10O9S2. The molecule has 6 rings (SSSR count). The molecule has 0 radical (unpaired) electrons. The number of rotatable bonds is 12. The summed E-state index contributed by atoms with van der Waals surface area (Å²) in [5, 5.41) is 54.0. The number of nitro benzene ring substituents is 1. The predicted octanol–water partition coefficient (Wildman–Crippen LogP) is 10.3. The average Bonchev–Trinajstić information content (AvgIpc) is 3.16. The SMILES string of the molecule is O=[N+]([O-])c1ccc(N=Nc2c(S(=O)(=O)O)cc3cc(S(=O)(=O)O)c(N=Nc4ccccc4)c(O)c3c2N=NNc2ccc(N=Nc3ccccc3)cc2)cc1. The molecule has 0 aliphatic heterocycles. The van der Waals surface area contributed by atoms with Crippen molar-refractivity contribution in [1.29, 1.82) is 0 Å². The van der Waals surface area contributed by atoms with Crippen LogP contribution in [0.15, 0.2) is 172 Å². The fourth-order valence-corrected chi connectivity index (χ4v) is 6.16. The molecule has 4 N–H and O–H groups in total. The molecule has 0 aromatic heterocycles. The highest BCUT2D eigenvalue weighted by Gasteiger charge is 2.29. The lowest BCUT2D eigenvalue weighted by Gasteiger charge is -2.14. The van der Waals surface area contributed by atoms with E-state index in [1.165, 1.54) is 24.3 Å². The zero-order valence-electron chi connectivity index (χ0n) is 27.7. The Balaban J connectivity index is 1.52. The second-order valence-electron chi connectivity index (χ2n) is 11.1. The highest BCUT2D eigenvalue weighted by molar-refractivity contribution is 7.86. The third-order valence-electron chi connectivity index (χ3n) is 7.39. The van der Waals surface area contributed by atoms with Gasteiger partial charge < -0.3 is 5.11 Å². The third kappa shape index (κ3) is 9.06. The maximum atomic E-state index is 12.8. The van der Waals surface area contributed by atoms with Gasteiger partial charge in [-0.2, -0.15) is 37.3 Å². The largest absolute Gasteiger partial charge is 0.505 e. The summed E-state index contributed by atoms with van der Waals surface area (Å²) >= 11 is 0. The second kappa shape index (κ2) is 15.8. The number of hydrogen-bond acceptors (Lipinski definition) is 15. The Morgan fingerprint density at radius 3 is 1.47 bits per heavy atom. The number of hydrogen-bond donors (Lipinski definition) is 4. The number of non-ortho nitro benzene ring substituents is 1. The number of aromatic hydroxyl groups is 1. The Bertz CT molecular complexity index is 2750. The third-order valence-corrected chi connectivity index (χ3v) is 9.12. The molecule has 0 saturated heterocycles. The first kappa shape index (κ1) is 37.6. The molecule has 6 aromatic carbocycles. The number of fused-ring (bicyclic) bond motifs is 1. The van der Waals surface area contributed by atoms with Gasteiger partial charge in [0.25, 0.3) is 25.9 Å². The number of nitrogens with zero attached hydrogens (tertiary/aromatic N) is 9. The number of benzene rings is 6. The highest BCUT2D eigenvalue weighted by atomic mass is 32.2. The quantitative estimate of drug-likeness (QED) is 0.0394. The van der Waals surface area contributed by atoms with Crippen molar-refractivity contribution in [2.45, 2.75) is 9.79 Å². The van der Waals surface area contributed by atoms with Crippen LogP contribution in [0.5, 0.6) is 5.75 Å². The number of nitro groups is 1. The molecule has 0 aliphatic rings. The Morgan fingerprint density at radius 2 is 0.982 bits per heavy atom. The van der Waals surface area contributed by atoms with E-state index in [0.717, 1.165) is 24.3 Å². The van der Waals surface area contributed by atoms with Crippen LogP contribution < -0.4 is 5.43 Å². The van der Waals surface area contributed by atoms with Gasteiger partial charge in [0, 0.05) is 12.1 Å². The molecule has 0 aliphatic carbocycles. The molecule has 55 heavy (non-hydrogen) atoms. The van der Waals surface area contributed by atoms with Crippen LogP contribution >= 0.6 is 0 Å². The van der Waals surface area contributed by atoms with E-state index in [9.17, 15) is 41.2 Å². The number of phenols is 1. The molecule has 0 atom stereocenters. The van der Waals surface area contributed by atoms with Crippen LogP contribution in [0.25, 0.3) is 10.8 Å². The molecular weight excluding hydrogens is 757 g/mol. The topological polar surface area (TPSA) is 283 Å². The van der Waals surface area contributed by atoms with Crippen LogP contribution in [0.4, 0.5) is 51.2 Å². The van der Waals surface area contributed by atoms with Gasteiger partial charge in [-0.25, -0.2) is 0 Å². The van der Waals surface area contributed by atoms with Crippen molar-refractivity contribution in [3.63, 3.8) is 0 Å². The van der Waals surface area contributed by atoms with E-state index >= 15 is 0 Å². The predicted molar refractivity (Wildman–Crippen MR) is 198 cm³/mol. The first-order chi connectivity index (χ1) is 26.3. The minimum Gasteiger partial charge on any atom is -0.505 e. The molecule has 0 bridgehead atoms. The molecule has 0 amide bonds. The molecule has 0 unspecified atom stereocenters. The fourth-order valence-electron chi connectivity index (χ4n) is 4.84. The Kier molecular flexibility index (Phi) is 10.8. The molecule has 0 saturated carbocycles. The van der Waals surface area contributed by atoms with Gasteiger partial charge >= 0.3 is 0 Å². The monoisotopic (exact) mass is 780 g/mol. The van der Waals surface area contributed by atoms with Gasteiger partial charge in [-0.05, 0) is 78.2 Å². The fraction of sp³-hybridized carbons (Fsp3) is 0. The summed E-state index contributed by atoms with van der Waals surface area (Å²) in [6, 6.07) is 29.5. The molecule has 0 heterocycles. The van der Waals surface area contributed by atoms with Gasteiger partial charge in [0.05, 0.1) is 38.7 Å². The lowest BCUT2D eigenvalue weighted by atomic mass is 10.0. The lowest BCUT2D eigenvalue weighted by Crippen LogP contribution is -2.02. The van der Waals surface area contributed by atoms with Crippen LogP contribution in [-0.4, -0.2) is 36.0 Å². The van der Waals surface area contributed by atoms with Crippen molar-refractivity contribution in [1.82, 2.24) is 0 Å². The maximum Gasteiger partial charge on any atom is 0.296 e. The molecule has 19 nitrogen and oxygen atoms in total. The number of nitrogens with one attached hydrogen (secondary N) is 1. The summed E-state index contributed by atoms with van der Waals surface area (Å²) < 4.78 is 70.9. The van der Waals surface area contributed by atoms with E-state index in [4.69, 9.17) is 0 Å². The van der Waals surface area contributed by atoms with Gasteiger partial charge in [-0.15, -0.1) is 15.3 Å². The van der Waals surface area contributed by atoms with E-state index in [1.807, 2.05) is 18.2 Å². The van der Waals surface area contributed by atoms with Gasteiger partial charge in [-0.1, -0.05) is 41.6 Å². The van der Waals surface area contributed by atoms with E-state index in [-0.39, 0.29) is 22.4 Å². The van der Waals surface area contributed by atoms with Crippen LogP contribution in [0.3, 0.4) is 0 Å². The zero-order valence-corrected chi connectivity index (χ0v) is 29.3. The van der Waals surface area contributed by atoms with Gasteiger partial charge in [0.15, 0.2) is 5.75 Å². The lowest BCUT2D eigenvalue weighted by molar-refractivity contribution is -0.384. The summed E-state index contributed by atoms with van der Waals surface area (Å²) in [6.45, 7) is 0. The van der Waals surface area contributed by atoms with E-state index in [2.05, 4.69) is 46.4 Å². The summed E-state index contributed by atoms with van der Waals surface area (Å²) in [7, 11) is -10.4. The van der Waals surface area contributed by atoms with E-state index in [0.29, 0.717) is 17.1 Å². The first-order valence-corrected chi connectivity index (χ1v) is 18.3. The molecule has 0 spiro atoms. The number of azo groups is 3. The van der Waals surface area contributed by atoms with E-state index < -0.39 is 63.1 Å². The van der Waals surface area contributed by atoms with Gasteiger partial charge in [0.2, 0.25) is 0 Å². The average molecular weight is 781 g/mol. The standard InChI is InChI=1S/C34H24N10O9S2/c45-34-30-21(20-29(55(51,52)53)32(34)41-37-23-9-5-2-6-10-23)19-28(54(48,49)50)31(40-38-25-15-17-27(18-16-25)44(46)47)33(30)42-43-39-26-13-11-24(12-14-26)36-35-22-7-3-1-4-8-22/h1-20,45H,(H,39,42)(H,48,49,50)(H,51,52,53). The highest BCUT2D eigenvalue weighted by Crippen LogP contribution is 2.51. The second-order valence-corrected chi connectivity index (χ2v) is 13.9. The smallest absolute Gasteiger partial charge is 0.296 e. The van der Waals surface area contributed by atoms with Crippen molar-refractivity contribution >= 4 is 82.2 Å². The molecule has 276 valence electrons. The minimum atomic E-state index is -5.21. The Hall–Kier alpha value is -7.20. The van der Waals surface area contributed by atoms with E-state index in [1.54, 1.807) is 54.6 Å². The number of phenolic OH excluding ortho intramolecular Hbond substituents is 1. The molecule has 0 fully saturated rings. The van der Waals surface area contributed by atoms with Crippen molar-refractivity contribution in [2.75, 3.05) is 5.43 Å². The van der Waals surface area contributed by atoms with Crippen molar-refractivity contribution in [3.05, 3.63) is 131 Å². The maximum absolute atomic E-state index is 12.8. The van der Waals surface area contributed by atoms with Crippen molar-refractivity contribution in [3.8, 4) is 5.75 Å². The summed E-state index contributed by atoms with van der Waals surface area (Å²) in [5.41, 5.74) is 2.03. The molecule has 6 aromatic rings. The van der Waals surface area contributed by atoms with Gasteiger partial charge in [-0.3, -0.25) is 24.6 Å².